The first-order valence-corrected chi connectivity index (χ1v) is 5.53. The summed E-state index contributed by atoms with van der Waals surface area (Å²) in [6.45, 7) is 4.03. The molecule has 1 saturated heterocycles. The molecular weight excluding hydrogens is 224 g/mol. The summed E-state index contributed by atoms with van der Waals surface area (Å²) in [5.41, 5.74) is 6.67. The Hall–Kier alpha value is -1.27. The molecule has 1 aromatic rings. The topological polar surface area (TPSA) is 64.3 Å². The quantitative estimate of drug-likeness (QED) is 0.746. The molecule has 16 heavy (non-hydrogen) atoms. The summed E-state index contributed by atoms with van der Waals surface area (Å²) in [5, 5.41) is 8.03. The molecule has 6 heteroatoms. The Morgan fingerprint density at radius 1 is 1.69 bits per heavy atom. The third-order valence-electron chi connectivity index (χ3n) is 2.49. The maximum absolute atomic E-state index is 5.58. The molecule has 0 amide bonds. The van der Waals surface area contributed by atoms with Gasteiger partial charge in [0, 0.05) is 6.54 Å². The van der Waals surface area contributed by atoms with Gasteiger partial charge in [0.2, 0.25) is 0 Å². The van der Waals surface area contributed by atoms with Crippen molar-refractivity contribution in [1.82, 2.24) is 10.2 Å². The normalized spacial score (nSPS) is 20.8. The summed E-state index contributed by atoms with van der Waals surface area (Å²) < 4.78 is 5.47. The number of ether oxygens (including phenoxy) is 1. The minimum absolute atomic E-state index is 0.189. The van der Waals surface area contributed by atoms with Gasteiger partial charge in [-0.25, -0.2) is 0 Å². The van der Waals surface area contributed by atoms with E-state index < -0.39 is 0 Å². The summed E-state index contributed by atoms with van der Waals surface area (Å²) >= 11 is 4.93. The zero-order valence-corrected chi connectivity index (χ0v) is 9.91. The molecule has 1 atom stereocenters. The van der Waals surface area contributed by atoms with Crippen molar-refractivity contribution in [3.8, 4) is 0 Å². The van der Waals surface area contributed by atoms with Gasteiger partial charge in [0.05, 0.1) is 19.3 Å². The maximum atomic E-state index is 5.58. The number of thiocarbonyl (C=S) groups is 1. The highest BCUT2D eigenvalue weighted by Gasteiger charge is 2.23. The molecule has 1 aliphatic rings. The van der Waals surface area contributed by atoms with Crippen molar-refractivity contribution in [3.63, 3.8) is 0 Å². The predicted molar refractivity (Wildman–Crippen MR) is 65.5 cm³/mol. The average Bonchev–Trinajstić information content (AvgIpc) is 2.29. The van der Waals surface area contributed by atoms with Crippen molar-refractivity contribution >= 4 is 23.0 Å². The van der Waals surface area contributed by atoms with Crippen LogP contribution in [0.3, 0.4) is 0 Å². The summed E-state index contributed by atoms with van der Waals surface area (Å²) in [7, 11) is 0. The van der Waals surface area contributed by atoms with Crippen molar-refractivity contribution in [3.05, 3.63) is 17.8 Å². The van der Waals surface area contributed by atoms with Gasteiger partial charge in [-0.3, -0.25) is 0 Å². The molecule has 1 unspecified atom stereocenters. The number of nitrogens with two attached hydrogens (primary N) is 1. The van der Waals surface area contributed by atoms with Crippen LogP contribution in [0.1, 0.15) is 5.56 Å². The third kappa shape index (κ3) is 2.45. The van der Waals surface area contributed by atoms with Crippen molar-refractivity contribution in [2.45, 2.75) is 13.0 Å². The second kappa shape index (κ2) is 4.71. The molecule has 0 saturated carbocycles. The molecule has 0 aliphatic carbocycles. The molecule has 2 rings (SSSR count). The minimum atomic E-state index is -0.189. The molecule has 0 radical (unpaired) electrons. The van der Waals surface area contributed by atoms with E-state index in [1.807, 2.05) is 13.0 Å². The predicted octanol–water partition coefficient (Wildman–Crippen LogP) is 0.276. The Bertz CT molecular complexity index is 398. The molecule has 1 aliphatic heterocycles. The molecule has 2 heterocycles. The number of rotatable bonds is 2. The third-order valence-corrected chi connectivity index (χ3v) is 2.75. The van der Waals surface area contributed by atoms with Gasteiger partial charge in [0.1, 0.15) is 11.1 Å². The van der Waals surface area contributed by atoms with E-state index in [1.54, 1.807) is 6.20 Å². The molecule has 1 fully saturated rings. The molecular formula is C10H14N4OS. The number of hydrogen-bond acceptors (Lipinski definition) is 5. The number of anilines is 1. The van der Waals surface area contributed by atoms with Gasteiger partial charge in [-0.1, -0.05) is 12.2 Å². The average molecular weight is 238 g/mol. The lowest BCUT2D eigenvalue weighted by Crippen LogP contribution is -2.48. The van der Waals surface area contributed by atoms with Gasteiger partial charge in [-0.05, 0) is 18.6 Å². The second-order valence-corrected chi connectivity index (χ2v) is 4.27. The summed E-state index contributed by atoms with van der Waals surface area (Å²) in [6.07, 6.45) is 1.54. The highest BCUT2D eigenvalue weighted by molar-refractivity contribution is 7.80. The first-order valence-electron chi connectivity index (χ1n) is 5.12. The fourth-order valence-corrected chi connectivity index (χ4v) is 1.78. The molecule has 1 aromatic heterocycles. The van der Waals surface area contributed by atoms with E-state index in [0.29, 0.717) is 18.1 Å². The van der Waals surface area contributed by atoms with Crippen LogP contribution in [0.5, 0.6) is 0 Å². The second-order valence-electron chi connectivity index (χ2n) is 3.80. The number of nitrogens with zero attached hydrogens (tertiary/aromatic N) is 3. The zero-order valence-electron chi connectivity index (χ0n) is 9.09. The summed E-state index contributed by atoms with van der Waals surface area (Å²) in [5.74, 6) is 0.851. The Balaban J connectivity index is 2.12. The van der Waals surface area contributed by atoms with Gasteiger partial charge in [-0.2, -0.15) is 5.10 Å². The molecule has 0 bridgehead atoms. The van der Waals surface area contributed by atoms with Crippen LogP contribution >= 0.6 is 12.2 Å². The zero-order chi connectivity index (χ0) is 11.5. The monoisotopic (exact) mass is 238 g/mol. The van der Waals surface area contributed by atoms with E-state index >= 15 is 0 Å². The minimum Gasteiger partial charge on any atom is -0.391 e. The largest absolute Gasteiger partial charge is 0.391 e. The van der Waals surface area contributed by atoms with Crippen LogP contribution in [0.25, 0.3) is 0 Å². The van der Waals surface area contributed by atoms with E-state index in [4.69, 9.17) is 22.7 Å². The number of aryl methyl sites for hydroxylation is 1. The van der Waals surface area contributed by atoms with Gasteiger partial charge >= 0.3 is 0 Å². The lowest BCUT2D eigenvalue weighted by Gasteiger charge is -2.32. The van der Waals surface area contributed by atoms with Crippen LogP contribution in [0.4, 0.5) is 5.82 Å². The molecule has 0 spiro atoms. The van der Waals surface area contributed by atoms with Crippen molar-refractivity contribution < 1.29 is 4.74 Å². The first-order chi connectivity index (χ1) is 7.66. The Labute approximate surface area is 99.6 Å². The van der Waals surface area contributed by atoms with Gasteiger partial charge < -0.3 is 15.4 Å². The van der Waals surface area contributed by atoms with E-state index in [0.717, 1.165) is 17.9 Å². The van der Waals surface area contributed by atoms with Crippen LogP contribution in [0.15, 0.2) is 12.3 Å². The SMILES string of the molecule is Cc1cnnc(N2CCOC(C(N)=S)C2)c1. The lowest BCUT2D eigenvalue weighted by molar-refractivity contribution is 0.0843. The van der Waals surface area contributed by atoms with Crippen LogP contribution in [-0.2, 0) is 4.74 Å². The first kappa shape index (κ1) is 11.2. The van der Waals surface area contributed by atoms with Crippen LogP contribution < -0.4 is 10.6 Å². The molecule has 2 N–H and O–H groups in total. The fourth-order valence-electron chi connectivity index (χ4n) is 1.63. The van der Waals surface area contributed by atoms with Crippen LogP contribution in [0.2, 0.25) is 0 Å². The van der Waals surface area contributed by atoms with E-state index in [2.05, 4.69) is 15.1 Å². The maximum Gasteiger partial charge on any atom is 0.151 e. The van der Waals surface area contributed by atoms with Gasteiger partial charge in [0.15, 0.2) is 5.82 Å². The Morgan fingerprint density at radius 2 is 2.50 bits per heavy atom. The van der Waals surface area contributed by atoms with Crippen LogP contribution in [0, 0.1) is 6.92 Å². The van der Waals surface area contributed by atoms with Crippen molar-refractivity contribution in [1.29, 1.82) is 0 Å². The smallest absolute Gasteiger partial charge is 0.151 e. The number of hydrogen-bond donors (Lipinski definition) is 1. The molecule has 0 aromatic carbocycles. The van der Waals surface area contributed by atoms with Gasteiger partial charge in [-0.15, -0.1) is 5.10 Å². The molecule has 86 valence electrons. The Morgan fingerprint density at radius 3 is 3.19 bits per heavy atom. The van der Waals surface area contributed by atoms with Crippen LogP contribution in [-0.4, -0.2) is 41.0 Å². The molecule has 5 nitrogen and oxygen atoms in total. The lowest BCUT2D eigenvalue weighted by atomic mass is 10.2. The number of morpholine rings is 1. The summed E-state index contributed by atoms with van der Waals surface area (Å²) in [6, 6.07) is 1.99. The van der Waals surface area contributed by atoms with Gasteiger partial charge in [0.25, 0.3) is 0 Å². The highest BCUT2D eigenvalue weighted by Crippen LogP contribution is 2.15. The highest BCUT2D eigenvalue weighted by atomic mass is 32.1. The van der Waals surface area contributed by atoms with E-state index in [-0.39, 0.29) is 6.10 Å². The standard InChI is InChI=1S/C10H14N4OS/c1-7-4-9(13-12-5-7)14-2-3-15-8(6-14)10(11)16/h4-5,8H,2-3,6H2,1H3,(H2,11,16). The number of aromatic nitrogens is 2. The summed E-state index contributed by atoms with van der Waals surface area (Å²) in [4.78, 5) is 2.48. The Kier molecular flexibility index (Phi) is 3.31. The van der Waals surface area contributed by atoms with Crippen molar-refractivity contribution in [2.24, 2.45) is 5.73 Å². The fraction of sp³-hybridized carbons (Fsp3) is 0.500. The van der Waals surface area contributed by atoms with E-state index in [1.165, 1.54) is 0 Å². The van der Waals surface area contributed by atoms with Crippen molar-refractivity contribution in [2.75, 3.05) is 24.6 Å². The van der Waals surface area contributed by atoms with E-state index in [9.17, 15) is 0 Å².